The first-order valence-corrected chi connectivity index (χ1v) is 12.9. The molecule has 1 atom stereocenters. The van der Waals surface area contributed by atoms with Gasteiger partial charge in [0.2, 0.25) is 11.8 Å². The first kappa shape index (κ1) is 24.7. The predicted molar refractivity (Wildman–Crippen MR) is 137 cm³/mol. The van der Waals surface area contributed by atoms with Gasteiger partial charge in [-0.15, -0.1) is 11.3 Å². The molecular formula is C28H30N2O4S. The van der Waals surface area contributed by atoms with Crippen molar-refractivity contribution in [3.8, 4) is 0 Å². The number of rotatable bonds is 9. The Morgan fingerprint density at radius 2 is 1.80 bits per heavy atom. The zero-order valence-corrected chi connectivity index (χ0v) is 20.6. The molecule has 1 aliphatic rings. The second-order valence-electron chi connectivity index (χ2n) is 8.59. The number of amides is 2. The van der Waals surface area contributed by atoms with Gasteiger partial charge >= 0.3 is 5.97 Å². The summed E-state index contributed by atoms with van der Waals surface area (Å²) < 4.78 is 5.17. The van der Waals surface area contributed by atoms with Gasteiger partial charge in [-0.2, -0.15) is 0 Å². The van der Waals surface area contributed by atoms with Crippen LogP contribution in [0.15, 0.2) is 72.1 Å². The molecular weight excluding hydrogens is 460 g/mol. The minimum atomic E-state index is -0.873. The summed E-state index contributed by atoms with van der Waals surface area (Å²) in [5.74, 6) is -0.903. The van der Waals surface area contributed by atoms with Gasteiger partial charge in [-0.3, -0.25) is 14.5 Å². The van der Waals surface area contributed by atoms with Crippen LogP contribution in [0, 0.1) is 0 Å². The van der Waals surface area contributed by atoms with E-state index < -0.39 is 12.0 Å². The molecule has 0 bridgehead atoms. The average Bonchev–Trinajstić information content (AvgIpc) is 3.57. The third-order valence-corrected chi connectivity index (χ3v) is 7.01. The highest BCUT2D eigenvalue weighted by Crippen LogP contribution is 2.31. The SMILES string of the molecule is CCOC(=O)c1cccc(N(C(=O)Cc2cccs2)[C@@H](C(=O)NC2CCCC2)c2ccccc2)c1. The third kappa shape index (κ3) is 6.17. The molecule has 1 aromatic heterocycles. The van der Waals surface area contributed by atoms with Gasteiger partial charge in [0.15, 0.2) is 0 Å². The molecule has 182 valence electrons. The summed E-state index contributed by atoms with van der Waals surface area (Å²) in [4.78, 5) is 42.4. The van der Waals surface area contributed by atoms with E-state index >= 15 is 0 Å². The fourth-order valence-corrected chi connectivity index (χ4v) is 5.18. The Kier molecular flexibility index (Phi) is 8.32. The molecule has 0 aliphatic heterocycles. The Morgan fingerprint density at radius 3 is 2.49 bits per heavy atom. The van der Waals surface area contributed by atoms with Gasteiger partial charge < -0.3 is 10.1 Å². The largest absolute Gasteiger partial charge is 0.462 e. The summed E-state index contributed by atoms with van der Waals surface area (Å²) in [6, 6.07) is 19.1. The summed E-state index contributed by atoms with van der Waals surface area (Å²) in [5.41, 5.74) is 1.53. The van der Waals surface area contributed by atoms with Crippen LogP contribution in [0.2, 0.25) is 0 Å². The fraction of sp³-hybridized carbons (Fsp3) is 0.321. The summed E-state index contributed by atoms with van der Waals surface area (Å²) in [5, 5.41) is 5.10. The van der Waals surface area contributed by atoms with Crippen LogP contribution in [-0.2, 0) is 20.7 Å². The number of carbonyl (C=O) groups excluding carboxylic acids is 3. The highest BCUT2D eigenvalue weighted by Gasteiger charge is 2.34. The van der Waals surface area contributed by atoms with Crippen molar-refractivity contribution < 1.29 is 19.1 Å². The standard InChI is InChI=1S/C28H30N2O4S/c1-2-34-28(33)21-12-8-15-23(18-21)30(25(31)19-24-16-9-17-35-24)26(20-10-4-3-5-11-20)27(32)29-22-13-6-7-14-22/h3-5,8-12,15-18,22,26H,2,6-7,13-14,19H2,1H3,(H,29,32)/t26-/m1/s1. The van der Waals surface area contributed by atoms with E-state index in [1.165, 1.54) is 16.2 Å². The Labute approximate surface area is 209 Å². The number of hydrogen-bond acceptors (Lipinski definition) is 5. The van der Waals surface area contributed by atoms with Gasteiger partial charge in [0.1, 0.15) is 6.04 Å². The van der Waals surface area contributed by atoms with Crippen molar-refractivity contribution in [2.45, 2.75) is 51.1 Å². The maximum Gasteiger partial charge on any atom is 0.338 e. The quantitative estimate of drug-likeness (QED) is 0.413. The van der Waals surface area contributed by atoms with Crippen molar-refractivity contribution in [2.75, 3.05) is 11.5 Å². The van der Waals surface area contributed by atoms with Crippen molar-refractivity contribution in [2.24, 2.45) is 0 Å². The smallest absolute Gasteiger partial charge is 0.338 e. The molecule has 1 heterocycles. The molecule has 0 saturated heterocycles. The molecule has 2 amide bonds. The summed E-state index contributed by atoms with van der Waals surface area (Å²) in [7, 11) is 0. The van der Waals surface area contributed by atoms with Gasteiger partial charge in [0, 0.05) is 16.6 Å². The van der Waals surface area contributed by atoms with Crippen molar-refractivity contribution in [3.05, 3.63) is 88.1 Å². The van der Waals surface area contributed by atoms with Gasteiger partial charge in [-0.05, 0) is 55.0 Å². The summed E-state index contributed by atoms with van der Waals surface area (Å²) in [6.45, 7) is 2.00. The van der Waals surface area contributed by atoms with Crippen molar-refractivity contribution in [1.82, 2.24) is 5.32 Å². The fourth-order valence-electron chi connectivity index (χ4n) is 4.48. The lowest BCUT2D eigenvalue weighted by molar-refractivity contribution is -0.127. The molecule has 0 unspecified atom stereocenters. The minimum absolute atomic E-state index is 0.105. The molecule has 1 fully saturated rings. The number of anilines is 1. The zero-order chi connectivity index (χ0) is 24.6. The van der Waals surface area contributed by atoms with E-state index in [0.717, 1.165) is 30.6 Å². The van der Waals surface area contributed by atoms with Crippen LogP contribution >= 0.6 is 11.3 Å². The van der Waals surface area contributed by atoms with E-state index in [4.69, 9.17) is 4.74 Å². The number of ether oxygens (including phenoxy) is 1. The van der Waals surface area contributed by atoms with E-state index in [1.54, 1.807) is 31.2 Å². The van der Waals surface area contributed by atoms with E-state index in [9.17, 15) is 14.4 Å². The normalized spacial score (nSPS) is 14.3. The van der Waals surface area contributed by atoms with Crippen LogP contribution in [0.3, 0.4) is 0 Å². The highest BCUT2D eigenvalue weighted by molar-refractivity contribution is 7.10. The van der Waals surface area contributed by atoms with Crippen LogP contribution in [-0.4, -0.2) is 30.4 Å². The topological polar surface area (TPSA) is 75.7 Å². The Morgan fingerprint density at radius 1 is 1.03 bits per heavy atom. The lowest BCUT2D eigenvalue weighted by Gasteiger charge is -2.32. The third-order valence-electron chi connectivity index (χ3n) is 6.13. The van der Waals surface area contributed by atoms with Crippen molar-refractivity contribution in [3.63, 3.8) is 0 Å². The number of nitrogens with one attached hydrogen (secondary N) is 1. The molecule has 3 aromatic rings. The molecule has 4 rings (SSSR count). The van der Waals surface area contributed by atoms with Crippen molar-refractivity contribution >= 4 is 34.8 Å². The zero-order valence-electron chi connectivity index (χ0n) is 19.8. The summed E-state index contributed by atoms with van der Waals surface area (Å²) >= 11 is 1.50. The highest BCUT2D eigenvalue weighted by atomic mass is 32.1. The molecule has 6 nitrogen and oxygen atoms in total. The van der Waals surface area contributed by atoms with Crippen LogP contribution < -0.4 is 10.2 Å². The molecule has 1 saturated carbocycles. The van der Waals surface area contributed by atoms with Gasteiger partial charge in [-0.1, -0.05) is 55.3 Å². The number of hydrogen-bond donors (Lipinski definition) is 1. The van der Waals surface area contributed by atoms with E-state index in [-0.39, 0.29) is 30.9 Å². The minimum Gasteiger partial charge on any atom is -0.462 e. The molecule has 1 N–H and O–H groups in total. The predicted octanol–water partition coefficient (Wildman–Crippen LogP) is 5.30. The van der Waals surface area contributed by atoms with E-state index in [2.05, 4.69) is 5.32 Å². The molecule has 7 heteroatoms. The Hall–Kier alpha value is -3.45. The van der Waals surface area contributed by atoms with Crippen LogP contribution in [0.1, 0.15) is 59.4 Å². The second kappa shape index (κ2) is 11.8. The lowest BCUT2D eigenvalue weighted by Crippen LogP contribution is -2.46. The molecule has 0 spiro atoms. The number of thiophene rings is 1. The number of carbonyl (C=O) groups is 3. The average molecular weight is 491 g/mol. The number of esters is 1. The van der Waals surface area contributed by atoms with Crippen LogP contribution in [0.4, 0.5) is 5.69 Å². The number of benzene rings is 2. The van der Waals surface area contributed by atoms with E-state index in [0.29, 0.717) is 16.8 Å². The summed E-state index contributed by atoms with van der Waals surface area (Å²) in [6.07, 6.45) is 4.21. The number of nitrogens with zero attached hydrogens (tertiary/aromatic N) is 1. The molecule has 35 heavy (non-hydrogen) atoms. The molecule has 2 aromatic carbocycles. The first-order chi connectivity index (χ1) is 17.1. The molecule has 0 radical (unpaired) electrons. The molecule has 1 aliphatic carbocycles. The Balaban J connectivity index is 1.77. The van der Waals surface area contributed by atoms with Crippen LogP contribution in [0.25, 0.3) is 0 Å². The van der Waals surface area contributed by atoms with Gasteiger partial charge in [0.25, 0.3) is 0 Å². The second-order valence-corrected chi connectivity index (χ2v) is 9.63. The first-order valence-electron chi connectivity index (χ1n) is 12.0. The van der Waals surface area contributed by atoms with Gasteiger partial charge in [-0.25, -0.2) is 4.79 Å². The van der Waals surface area contributed by atoms with Crippen molar-refractivity contribution in [1.29, 1.82) is 0 Å². The van der Waals surface area contributed by atoms with Crippen LogP contribution in [0.5, 0.6) is 0 Å². The Bertz CT molecular complexity index is 1140. The van der Waals surface area contributed by atoms with E-state index in [1.807, 2.05) is 47.8 Å². The monoisotopic (exact) mass is 490 g/mol. The maximum absolute atomic E-state index is 13.8. The lowest BCUT2D eigenvalue weighted by atomic mass is 10.0. The maximum atomic E-state index is 13.8. The van der Waals surface area contributed by atoms with Gasteiger partial charge in [0.05, 0.1) is 18.6 Å².